The molecule has 0 aliphatic carbocycles. The van der Waals surface area contributed by atoms with Gasteiger partial charge in [0.05, 0.1) is 0 Å². The van der Waals surface area contributed by atoms with Gasteiger partial charge in [-0.05, 0) is 32.6 Å². The molecule has 0 spiro atoms. The zero-order valence-corrected chi connectivity index (χ0v) is 9.82. The van der Waals surface area contributed by atoms with Gasteiger partial charge in [0.2, 0.25) is 11.9 Å². The summed E-state index contributed by atoms with van der Waals surface area (Å²) in [7, 11) is 0. The predicted octanol–water partition coefficient (Wildman–Crippen LogP) is 1.47. The number of aromatic nitrogens is 3. The van der Waals surface area contributed by atoms with Crippen LogP contribution in [0.3, 0.4) is 0 Å². The molecule has 16 heavy (non-hydrogen) atoms. The van der Waals surface area contributed by atoms with Crippen molar-refractivity contribution in [3.63, 3.8) is 0 Å². The number of hydrogen-bond acceptors (Lipinski definition) is 4. The third-order valence-electron chi connectivity index (χ3n) is 3.45. The molecule has 2 aliphatic heterocycles. The molecule has 1 saturated heterocycles. The van der Waals surface area contributed by atoms with Gasteiger partial charge >= 0.3 is 0 Å². The summed E-state index contributed by atoms with van der Waals surface area (Å²) in [6.07, 6.45) is 5.02. The lowest BCUT2D eigenvalue weighted by Crippen LogP contribution is -2.30. The minimum atomic E-state index is 0.519. The Morgan fingerprint density at radius 1 is 1.19 bits per heavy atom. The molecule has 2 aliphatic rings. The van der Waals surface area contributed by atoms with Crippen LogP contribution < -0.4 is 10.2 Å². The first-order valence-electron chi connectivity index (χ1n) is 6.29. The van der Waals surface area contributed by atoms with Gasteiger partial charge in [-0.3, -0.25) is 0 Å². The van der Waals surface area contributed by atoms with Crippen LogP contribution in [0.15, 0.2) is 0 Å². The van der Waals surface area contributed by atoms with Crippen LogP contribution in [0.4, 0.5) is 11.9 Å². The van der Waals surface area contributed by atoms with Crippen molar-refractivity contribution in [1.82, 2.24) is 14.8 Å². The van der Waals surface area contributed by atoms with Gasteiger partial charge in [-0.25, -0.2) is 4.68 Å². The summed E-state index contributed by atoms with van der Waals surface area (Å²) in [5.41, 5.74) is 0. The number of aryl methyl sites for hydroxylation is 1. The first kappa shape index (κ1) is 9.93. The maximum absolute atomic E-state index is 4.59. The van der Waals surface area contributed by atoms with Crippen LogP contribution in [0.2, 0.25) is 0 Å². The molecule has 1 aromatic rings. The van der Waals surface area contributed by atoms with Crippen molar-refractivity contribution in [1.29, 1.82) is 0 Å². The molecule has 0 saturated carbocycles. The average molecular weight is 221 g/mol. The van der Waals surface area contributed by atoms with Gasteiger partial charge < -0.3 is 10.2 Å². The van der Waals surface area contributed by atoms with E-state index in [1.54, 1.807) is 0 Å². The zero-order chi connectivity index (χ0) is 11.0. The fourth-order valence-corrected chi connectivity index (χ4v) is 2.43. The minimum absolute atomic E-state index is 0.519. The Morgan fingerprint density at radius 2 is 2.00 bits per heavy atom. The van der Waals surface area contributed by atoms with E-state index < -0.39 is 0 Å². The second-order valence-electron chi connectivity index (χ2n) is 4.84. The fraction of sp³-hybridized carbons (Fsp3) is 0.818. The van der Waals surface area contributed by atoms with E-state index in [-0.39, 0.29) is 0 Å². The molecular weight excluding hydrogens is 202 g/mol. The molecule has 0 aromatic carbocycles. The van der Waals surface area contributed by atoms with E-state index in [0.29, 0.717) is 6.04 Å². The van der Waals surface area contributed by atoms with Gasteiger partial charge in [0, 0.05) is 25.7 Å². The summed E-state index contributed by atoms with van der Waals surface area (Å²) in [6.45, 7) is 5.40. The molecule has 3 rings (SSSR count). The Balaban J connectivity index is 1.80. The maximum Gasteiger partial charge on any atom is 0.246 e. The van der Waals surface area contributed by atoms with Crippen molar-refractivity contribution in [2.45, 2.75) is 45.2 Å². The highest BCUT2D eigenvalue weighted by Crippen LogP contribution is 2.21. The topological polar surface area (TPSA) is 46.0 Å². The third kappa shape index (κ3) is 1.74. The van der Waals surface area contributed by atoms with E-state index in [4.69, 9.17) is 0 Å². The van der Waals surface area contributed by atoms with E-state index in [0.717, 1.165) is 38.0 Å². The Hall–Kier alpha value is -1.26. The molecule has 0 amide bonds. The van der Waals surface area contributed by atoms with Crippen LogP contribution in [0.1, 0.15) is 32.6 Å². The van der Waals surface area contributed by atoms with Crippen molar-refractivity contribution in [2.24, 2.45) is 0 Å². The molecule has 5 nitrogen and oxygen atoms in total. The molecule has 1 fully saturated rings. The minimum Gasteiger partial charge on any atom is -0.352 e. The summed E-state index contributed by atoms with van der Waals surface area (Å²) in [5.74, 6) is 1.86. The molecule has 88 valence electrons. The molecule has 0 radical (unpaired) electrons. The van der Waals surface area contributed by atoms with Crippen molar-refractivity contribution in [2.75, 3.05) is 23.3 Å². The summed E-state index contributed by atoms with van der Waals surface area (Å²) in [6, 6.07) is 0.519. The van der Waals surface area contributed by atoms with E-state index in [9.17, 15) is 0 Å². The Kier molecular flexibility index (Phi) is 2.46. The molecule has 1 unspecified atom stereocenters. The first-order valence-corrected chi connectivity index (χ1v) is 6.29. The molecular formula is C11H19N5. The van der Waals surface area contributed by atoms with Crippen molar-refractivity contribution < 1.29 is 0 Å². The Labute approximate surface area is 95.8 Å². The van der Waals surface area contributed by atoms with E-state index in [1.807, 2.05) is 4.68 Å². The lowest BCUT2D eigenvalue weighted by molar-refractivity contribution is 0.506. The predicted molar refractivity (Wildman–Crippen MR) is 63.8 cm³/mol. The molecule has 1 aromatic heterocycles. The van der Waals surface area contributed by atoms with E-state index in [1.165, 1.54) is 19.3 Å². The quantitative estimate of drug-likeness (QED) is 0.780. The second-order valence-corrected chi connectivity index (χ2v) is 4.84. The number of hydrogen-bond donors (Lipinski definition) is 1. The van der Waals surface area contributed by atoms with Crippen LogP contribution in [-0.2, 0) is 6.54 Å². The van der Waals surface area contributed by atoms with E-state index >= 15 is 0 Å². The lowest BCUT2D eigenvalue weighted by atomic mass is 10.1. The van der Waals surface area contributed by atoms with Gasteiger partial charge in [0.1, 0.15) is 0 Å². The number of rotatable bonds is 1. The monoisotopic (exact) mass is 221 g/mol. The van der Waals surface area contributed by atoms with Gasteiger partial charge in [0.15, 0.2) is 0 Å². The van der Waals surface area contributed by atoms with E-state index in [2.05, 4.69) is 27.2 Å². The highest BCUT2D eigenvalue weighted by atomic mass is 15.5. The van der Waals surface area contributed by atoms with Crippen LogP contribution in [0.25, 0.3) is 0 Å². The lowest BCUT2D eigenvalue weighted by Gasteiger charge is -2.24. The van der Waals surface area contributed by atoms with Gasteiger partial charge in [-0.2, -0.15) is 4.98 Å². The molecule has 1 atom stereocenters. The number of piperidine rings is 1. The van der Waals surface area contributed by atoms with Gasteiger partial charge in [-0.1, -0.05) is 0 Å². The summed E-state index contributed by atoms with van der Waals surface area (Å²) >= 11 is 0. The molecule has 3 heterocycles. The Bertz CT molecular complexity index is 366. The summed E-state index contributed by atoms with van der Waals surface area (Å²) < 4.78 is 2.00. The number of anilines is 2. The normalized spacial score (nSPS) is 25.1. The van der Waals surface area contributed by atoms with Crippen molar-refractivity contribution in [3.8, 4) is 0 Å². The standard InChI is InChI=1S/C11H19N5/c1-9-5-8-16-10(12-9)13-11(14-16)15-6-3-2-4-7-15/h9H,2-8H2,1H3,(H,12,13,14). The smallest absolute Gasteiger partial charge is 0.246 e. The largest absolute Gasteiger partial charge is 0.352 e. The van der Waals surface area contributed by atoms with Crippen LogP contribution in [0.5, 0.6) is 0 Å². The summed E-state index contributed by atoms with van der Waals surface area (Å²) in [5, 5.41) is 7.96. The van der Waals surface area contributed by atoms with Crippen LogP contribution in [0, 0.1) is 0 Å². The third-order valence-corrected chi connectivity index (χ3v) is 3.45. The number of nitrogens with zero attached hydrogens (tertiary/aromatic N) is 4. The van der Waals surface area contributed by atoms with Gasteiger partial charge in [0.25, 0.3) is 0 Å². The molecule has 5 heteroatoms. The van der Waals surface area contributed by atoms with Crippen LogP contribution >= 0.6 is 0 Å². The van der Waals surface area contributed by atoms with Crippen molar-refractivity contribution in [3.05, 3.63) is 0 Å². The highest BCUT2D eigenvalue weighted by molar-refractivity contribution is 5.39. The maximum atomic E-state index is 4.59. The van der Waals surface area contributed by atoms with Gasteiger partial charge in [-0.15, -0.1) is 5.10 Å². The summed E-state index contributed by atoms with van der Waals surface area (Å²) in [4.78, 5) is 6.90. The molecule has 1 N–H and O–H groups in total. The Morgan fingerprint density at radius 3 is 2.81 bits per heavy atom. The molecule has 0 bridgehead atoms. The number of fused-ring (bicyclic) bond motifs is 1. The number of nitrogens with one attached hydrogen (secondary N) is 1. The fourth-order valence-electron chi connectivity index (χ4n) is 2.43. The van der Waals surface area contributed by atoms with Crippen LogP contribution in [-0.4, -0.2) is 33.9 Å². The zero-order valence-electron chi connectivity index (χ0n) is 9.82. The SMILES string of the molecule is CC1CCn2nc(N3CCCCC3)nc2N1. The first-order chi connectivity index (χ1) is 7.83. The highest BCUT2D eigenvalue weighted by Gasteiger charge is 2.21. The van der Waals surface area contributed by atoms with Crippen molar-refractivity contribution >= 4 is 11.9 Å². The second kappa shape index (κ2) is 3.96. The average Bonchev–Trinajstić information content (AvgIpc) is 2.73.